The summed E-state index contributed by atoms with van der Waals surface area (Å²) in [6.45, 7) is 9.30. The van der Waals surface area contributed by atoms with E-state index in [4.69, 9.17) is 16.3 Å². The Balaban J connectivity index is 4.35. The monoisotopic (exact) mass is 283 g/mol. The SMILES string of the molecule is CC(C)[C@@H](CS(=O)CCl)NC(=O)OC(C)(C)C. The van der Waals surface area contributed by atoms with Gasteiger partial charge in [0.15, 0.2) is 0 Å². The van der Waals surface area contributed by atoms with Crippen LogP contribution in [0.2, 0.25) is 0 Å². The van der Waals surface area contributed by atoms with E-state index in [1.165, 1.54) is 0 Å². The van der Waals surface area contributed by atoms with E-state index in [0.717, 1.165) is 0 Å². The van der Waals surface area contributed by atoms with Gasteiger partial charge >= 0.3 is 6.09 Å². The normalized spacial score (nSPS) is 15.5. The third kappa shape index (κ3) is 8.44. The van der Waals surface area contributed by atoms with Crippen molar-refractivity contribution in [3.63, 3.8) is 0 Å². The molecular formula is C11H22ClNO3S. The fraction of sp³-hybridized carbons (Fsp3) is 0.909. The first-order chi connectivity index (χ1) is 7.65. The highest BCUT2D eigenvalue weighted by molar-refractivity contribution is 7.86. The number of nitrogens with one attached hydrogen (secondary N) is 1. The van der Waals surface area contributed by atoms with E-state index in [0.29, 0.717) is 5.75 Å². The van der Waals surface area contributed by atoms with Crippen molar-refractivity contribution in [2.24, 2.45) is 5.92 Å². The van der Waals surface area contributed by atoms with Gasteiger partial charge in [-0.1, -0.05) is 13.8 Å². The van der Waals surface area contributed by atoms with Crippen LogP contribution in [-0.4, -0.2) is 32.9 Å². The van der Waals surface area contributed by atoms with E-state index in [2.05, 4.69) is 5.32 Å². The Kier molecular flexibility index (Phi) is 7.09. The maximum absolute atomic E-state index is 11.6. The molecule has 1 N–H and O–H groups in total. The average molecular weight is 284 g/mol. The summed E-state index contributed by atoms with van der Waals surface area (Å²) in [6.07, 6.45) is -0.484. The molecule has 4 nitrogen and oxygen atoms in total. The molecule has 17 heavy (non-hydrogen) atoms. The quantitative estimate of drug-likeness (QED) is 0.789. The Hall–Kier alpha value is -0.290. The van der Waals surface area contributed by atoms with Crippen molar-refractivity contribution in [2.75, 3.05) is 11.0 Å². The number of amides is 1. The van der Waals surface area contributed by atoms with Crippen molar-refractivity contribution in [1.82, 2.24) is 5.32 Å². The number of hydrogen-bond acceptors (Lipinski definition) is 3. The highest BCUT2D eigenvalue weighted by Gasteiger charge is 2.22. The predicted octanol–water partition coefficient (Wildman–Crippen LogP) is 2.48. The van der Waals surface area contributed by atoms with Gasteiger partial charge in [0.2, 0.25) is 0 Å². The van der Waals surface area contributed by atoms with E-state index in [1.54, 1.807) is 20.8 Å². The highest BCUT2D eigenvalue weighted by Crippen LogP contribution is 2.09. The number of carbonyl (C=O) groups is 1. The third-order valence-electron chi connectivity index (χ3n) is 1.99. The van der Waals surface area contributed by atoms with Crippen molar-refractivity contribution in [3.8, 4) is 0 Å². The zero-order chi connectivity index (χ0) is 13.6. The van der Waals surface area contributed by atoms with Gasteiger partial charge in [-0.25, -0.2) is 4.79 Å². The summed E-state index contributed by atoms with van der Waals surface area (Å²) in [7, 11) is -1.12. The van der Waals surface area contributed by atoms with Gasteiger partial charge in [0.05, 0.1) is 5.21 Å². The van der Waals surface area contributed by atoms with Crippen molar-refractivity contribution >= 4 is 28.5 Å². The van der Waals surface area contributed by atoms with Crippen molar-refractivity contribution in [2.45, 2.75) is 46.3 Å². The summed E-state index contributed by atoms with van der Waals surface area (Å²) in [5.41, 5.74) is -0.531. The standard InChI is InChI=1S/C11H22ClNO3S/c1-8(2)9(6-17(15)7-12)13-10(14)16-11(3,4)5/h8-9H,6-7H2,1-5H3,(H,13,14)/t9-,17?/m1/s1. The molecule has 0 saturated carbocycles. The Morgan fingerprint density at radius 2 is 1.94 bits per heavy atom. The number of ether oxygens (including phenoxy) is 1. The molecule has 102 valence electrons. The molecule has 0 aliphatic heterocycles. The van der Waals surface area contributed by atoms with Gasteiger partial charge in [-0.15, -0.1) is 11.6 Å². The fourth-order valence-corrected chi connectivity index (χ4v) is 2.33. The average Bonchev–Trinajstić information content (AvgIpc) is 2.13. The van der Waals surface area contributed by atoms with Crippen LogP contribution in [-0.2, 0) is 15.5 Å². The first-order valence-corrected chi connectivity index (χ1v) is 7.58. The lowest BCUT2D eigenvalue weighted by Crippen LogP contribution is -2.44. The van der Waals surface area contributed by atoms with Gasteiger partial charge in [0, 0.05) is 22.6 Å². The van der Waals surface area contributed by atoms with Crippen LogP contribution in [0.3, 0.4) is 0 Å². The van der Waals surface area contributed by atoms with Crippen LogP contribution in [0.4, 0.5) is 4.79 Å². The lowest BCUT2D eigenvalue weighted by Gasteiger charge is -2.25. The molecule has 0 rings (SSSR count). The first kappa shape index (κ1) is 16.7. The fourth-order valence-electron chi connectivity index (χ4n) is 1.10. The second-order valence-corrected chi connectivity index (χ2v) is 7.30. The molecule has 6 heteroatoms. The minimum atomic E-state index is -1.12. The molecule has 1 unspecified atom stereocenters. The molecule has 0 radical (unpaired) electrons. The number of alkyl carbamates (subject to hydrolysis) is 1. The van der Waals surface area contributed by atoms with Crippen molar-refractivity contribution in [3.05, 3.63) is 0 Å². The summed E-state index contributed by atoms with van der Waals surface area (Å²) in [5, 5.41) is 2.81. The summed E-state index contributed by atoms with van der Waals surface area (Å²) < 4.78 is 16.5. The van der Waals surface area contributed by atoms with Crippen LogP contribution < -0.4 is 5.32 Å². The summed E-state index contributed by atoms with van der Waals surface area (Å²) >= 11 is 5.50. The Morgan fingerprint density at radius 1 is 1.41 bits per heavy atom. The Bertz CT molecular complexity index is 276. The third-order valence-corrected chi connectivity index (χ3v) is 3.70. The molecule has 2 atom stereocenters. The second-order valence-electron chi connectivity index (χ2n) is 5.21. The van der Waals surface area contributed by atoms with E-state index in [1.807, 2.05) is 13.8 Å². The molecule has 0 aromatic carbocycles. The highest BCUT2D eigenvalue weighted by atomic mass is 35.5. The van der Waals surface area contributed by atoms with Crippen LogP contribution in [0.25, 0.3) is 0 Å². The predicted molar refractivity (Wildman–Crippen MR) is 71.7 cm³/mol. The number of carbonyl (C=O) groups excluding carboxylic acids is 1. The van der Waals surface area contributed by atoms with Crippen LogP contribution in [0.15, 0.2) is 0 Å². The molecule has 0 spiro atoms. The Morgan fingerprint density at radius 3 is 2.29 bits per heavy atom. The minimum Gasteiger partial charge on any atom is -0.444 e. The molecule has 0 aromatic rings. The van der Waals surface area contributed by atoms with Gasteiger partial charge in [-0.05, 0) is 26.7 Å². The molecule has 1 amide bonds. The van der Waals surface area contributed by atoms with Crippen LogP contribution in [0.5, 0.6) is 0 Å². The molecular weight excluding hydrogens is 262 g/mol. The van der Waals surface area contributed by atoms with Gasteiger partial charge < -0.3 is 10.1 Å². The molecule has 0 aliphatic rings. The smallest absolute Gasteiger partial charge is 0.407 e. The summed E-state index contributed by atoms with van der Waals surface area (Å²) in [4.78, 5) is 11.6. The van der Waals surface area contributed by atoms with E-state index in [-0.39, 0.29) is 17.2 Å². The number of halogens is 1. The van der Waals surface area contributed by atoms with Crippen LogP contribution in [0, 0.1) is 5.92 Å². The van der Waals surface area contributed by atoms with Gasteiger partial charge in [0.1, 0.15) is 5.60 Å². The number of hydrogen-bond donors (Lipinski definition) is 1. The zero-order valence-electron chi connectivity index (χ0n) is 11.1. The zero-order valence-corrected chi connectivity index (χ0v) is 12.7. The first-order valence-electron chi connectivity index (χ1n) is 5.56. The molecule has 0 aromatic heterocycles. The second kappa shape index (κ2) is 7.21. The number of alkyl halides is 1. The molecule has 0 heterocycles. The summed E-state index contributed by atoms with van der Waals surface area (Å²) in [5.74, 6) is 0.523. The van der Waals surface area contributed by atoms with Crippen LogP contribution in [0.1, 0.15) is 34.6 Å². The largest absolute Gasteiger partial charge is 0.444 e. The lowest BCUT2D eigenvalue weighted by molar-refractivity contribution is 0.0497. The van der Waals surface area contributed by atoms with Crippen molar-refractivity contribution in [1.29, 1.82) is 0 Å². The van der Waals surface area contributed by atoms with Crippen LogP contribution >= 0.6 is 11.6 Å². The number of rotatable bonds is 5. The van der Waals surface area contributed by atoms with E-state index in [9.17, 15) is 9.00 Å². The van der Waals surface area contributed by atoms with Gasteiger partial charge in [0.25, 0.3) is 0 Å². The van der Waals surface area contributed by atoms with Gasteiger partial charge in [-0.3, -0.25) is 4.21 Å². The van der Waals surface area contributed by atoms with Crippen molar-refractivity contribution < 1.29 is 13.7 Å². The summed E-state index contributed by atoms with van der Waals surface area (Å²) in [6, 6.07) is -0.190. The molecule has 0 bridgehead atoms. The van der Waals surface area contributed by atoms with E-state index < -0.39 is 22.5 Å². The topological polar surface area (TPSA) is 55.4 Å². The Labute approximate surface area is 111 Å². The minimum absolute atomic E-state index is 0.0826. The lowest BCUT2D eigenvalue weighted by atomic mass is 10.1. The maximum Gasteiger partial charge on any atom is 0.407 e. The molecule has 0 aliphatic carbocycles. The van der Waals surface area contributed by atoms with E-state index >= 15 is 0 Å². The van der Waals surface area contributed by atoms with Gasteiger partial charge in [-0.2, -0.15) is 0 Å². The molecule has 0 saturated heterocycles. The maximum atomic E-state index is 11.6. The molecule has 0 fully saturated rings.